The topological polar surface area (TPSA) is 56.5 Å². The average molecular weight is 892 g/mol. The van der Waals surface area contributed by atoms with Gasteiger partial charge in [-0.2, -0.15) is 0 Å². The van der Waals surface area contributed by atoms with E-state index >= 15 is 0 Å². The van der Waals surface area contributed by atoms with Crippen LogP contribution in [0.15, 0.2) is 249 Å². The molecular weight excluding hydrogens is 851 g/mol. The Labute approximate surface area is 405 Å². The molecule has 5 nitrogen and oxygen atoms in total. The lowest BCUT2D eigenvalue weighted by Crippen LogP contribution is -2.25. The van der Waals surface area contributed by atoms with Crippen molar-refractivity contribution in [3.05, 3.63) is 271 Å². The molecule has 0 aliphatic heterocycles. The number of para-hydroxylation sites is 3. The van der Waals surface area contributed by atoms with E-state index in [1.165, 1.54) is 55.6 Å². The van der Waals surface area contributed by atoms with Crippen LogP contribution in [0.1, 0.15) is 22.3 Å². The summed E-state index contributed by atoms with van der Waals surface area (Å²) in [5.74, 6) is 2.63. The Bertz CT molecular complexity index is 3920. The second-order valence-corrected chi connectivity index (χ2v) is 18.1. The Balaban J connectivity index is 0.932. The van der Waals surface area contributed by atoms with E-state index < -0.39 is 5.41 Å². The molecule has 2 aliphatic carbocycles. The van der Waals surface area contributed by atoms with Crippen molar-refractivity contribution in [1.82, 2.24) is 24.5 Å². The molecule has 14 rings (SSSR count). The Morgan fingerprint density at radius 1 is 0.271 bits per heavy atom. The molecule has 0 fully saturated rings. The summed E-state index contributed by atoms with van der Waals surface area (Å²) in [5, 5.41) is 0. The van der Waals surface area contributed by atoms with Crippen molar-refractivity contribution in [2.45, 2.75) is 5.41 Å². The monoisotopic (exact) mass is 891 g/mol. The van der Waals surface area contributed by atoms with Gasteiger partial charge in [0.05, 0.1) is 16.4 Å². The first kappa shape index (κ1) is 39.8. The van der Waals surface area contributed by atoms with Crippen LogP contribution in [0.4, 0.5) is 0 Å². The summed E-state index contributed by atoms with van der Waals surface area (Å²) in [4.78, 5) is 21.2. The molecule has 0 bridgehead atoms. The molecule has 5 heteroatoms. The van der Waals surface area contributed by atoms with Crippen molar-refractivity contribution in [2.75, 3.05) is 0 Å². The van der Waals surface area contributed by atoms with Gasteiger partial charge in [0.25, 0.3) is 0 Å². The van der Waals surface area contributed by atoms with E-state index in [1.54, 1.807) is 0 Å². The van der Waals surface area contributed by atoms with Crippen LogP contribution in [-0.4, -0.2) is 24.5 Å². The first-order valence-corrected chi connectivity index (χ1v) is 23.8. The highest BCUT2D eigenvalue weighted by Crippen LogP contribution is 2.63. The van der Waals surface area contributed by atoms with Crippen LogP contribution < -0.4 is 0 Å². The number of benzene rings is 10. The molecule has 0 amide bonds. The first-order chi connectivity index (χ1) is 34.7. The lowest BCUT2D eigenvalue weighted by molar-refractivity contribution is 0.794. The Kier molecular flexibility index (Phi) is 9.04. The third-order valence-electron chi connectivity index (χ3n) is 14.3. The van der Waals surface area contributed by atoms with Gasteiger partial charge in [-0.3, -0.25) is 4.57 Å². The number of fused-ring (bicyclic) bond motifs is 11. The van der Waals surface area contributed by atoms with Crippen LogP contribution in [0, 0.1) is 0 Å². The second kappa shape index (κ2) is 15.9. The first-order valence-electron chi connectivity index (χ1n) is 23.8. The fraction of sp³-hybridized carbons (Fsp3) is 0.0154. The van der Waals surface area contributed by atoms with Gasteiger partial charge in [-0.1, -0.05) is 212 Å². The predicted octanol–water partition coefficient (Wildman–Crippen LogP) is 15.6. The van der Waals surface area contributed by atoms with Crippen LogP contribution in [-0.2, 0) is 5.41 Å². The Hall–Kier alpha value is -9.32. The molecule has 1 spiro atoms. The molecule has 0 unspecified atom stereocenters. The minimum Gasteiger partial charge on any atom is -0.292 e. The summed E-state index contributed by atoms with van der Waals surface area (Å²) in [6.45, 7) is 0. The normalized spacial score (nSPS) is 12.7. The number of hydrogen-bond donors (Lipinski definition) is 0. The van der Waals surface area contributed by atoms with Crippen molar-refractivity contribution in [3.8, 4) is 95.7 Å². The van der Waals surface area contributed by atoms with Gasteiger partial charge < -0.3 is 0 Å². The van der Waals surface area contributed by atoms with E-state index in [0.29, 0.717) is 17.5 Å². The summed E-state index contributed by atoms with van der Waals surface area (Å²) in [6.07, 6.45) is 0. The zero-order valence-corrected chi connectivity index (χ0v) is 37.9. The molecule has 326 valence electrons. The summed E-state index contributed by atoms with van der Waals surface area (Å²) >= 11 is 0. The van der Waals surface area contributed by atoms with Gasteiger partial charge in [-0.25, -0.2) is 19.9 Å². The highest BCUT2D eigenvalue weighted by molar-refractivity contribution is 5.96. The maximum Gasteiger partial charge on any atom is 0.164 e. The molecule has 2 aliphatic rings. The molecule has 12 aromatic rings. The molecule has 0 saturated carbocycles. The zero-order valence-electron chi connectivity index (χ0n) is 37.9. The molecule has 10 aromatic carbocycles. The fourth-order valence-corrected chi connectivity index (χ4v) is 11.2. The average Bonchev–Trinajstić information content (AvgIpc) is 4.08. The zero-order chi connectivity index (χ0) is 46.2. The van der Waals surface area contributed by atoms with Gasteiger partial charge >= 0.3 is 0 Å². The molecule has 2 heterocycles. The van der Waals surface area contributed by atoms with E-state index in [1.807, 2.05) is 18.2 Å². The highest BCUT2D eigenvalue weighted by atomic mass is 15.1. The Morgan fingerprint density at radius 2 is 0.686 bits per heavy atom. The number of rotatable bonds is 7. The summed E-state index contributed by atoms with van der Waals surface area (Å²) in [6, 6.07) is 88.5. The van der Waals surface area contributed by atoms with Crippen LogP contribution in [0.5, 0.6) is 0 Å². The molecular formula is C65H41N5. The van der Waals surface area contributed by atoms with Crippen molar-refractivity contribution >= 4 is 11.0 Å². The van der Waals surface area contributed by atoms with Gasteiger partial charge in [0, 0.05) is 27.9 Å². The highest BCUT2D eigenvalue weighted by Gasteiger charge is 2.51. The van der Waals surface area contributed by atoms with E-state index in [-0.39, 0.29) is 0 Å². The van der Waals surface area contributed by atoms with Crippen molar-refractivity contribution in [2.24, 2.45) is 0 Å². The minimum absolute atomic E-state index is 0.499. The predicted molar refractivity (Wildman–Crippen MR) is 283 cm³/mol. The van der Waals surface area contributed by atoms with Crippen molar-refractivity contribution < 1.29 is 0 Å². The van der Waals surface area contributed by atoms with Crippen molar-refractivity contribution in [1.29, 1.82) is 0 Å². The SMILES string of the molecule is c1ccc(-c2ccc(-c3ccc(-c4nc(-c5cccc(-c6nc7ccccc7n6-c6ccccc6)c5)nc(-c5ccc6c(c5)C5(c7ccccc7-c7ccccc75)c5ccccc5-6)n4)cc3)cc2)cc1. The fourth-order valence-electron chi connectivity index (χ4n) is 11.2. The molecule has 0 N–H and O–H groups in total. The van der Waals surface area contributed by atoms with Crippen LogP contribution >= 0.6 is 0 Å². The Morgan fingerprint density at radius 3 is 1.29 bits per heavy atom. The molecule has 70 heavy (non-hydrogen) atoms. The lowest BCUT2D eigenvalue weighted by atomic mass is 9.70. The standard InChI is InChI=1S/C65H41N5/c1-3-16-42(17-4-1)43-30-32-44(33-31-43)45-34-36-46(37-35-45)61-67-62(47-18-15-19-49(40-47)64-66-59-28-13-14-29-60(59)70(64)50-20-5-2-6-21-50)69-63(68-61)48-38-39-54-53-24-9-12-27-57(53)65(58(54)41-48)55-25-10-7-22-51(55)52-23-8-11-26-56(52)65/h1-41H. The third-order valence-corrected chi connectivity index (χ3v) is 14.3. The van der Waals surface area contributed by atoms with Crippen LogP contribution in [0.3, 0.4) is 0 Å². The number of aromatic nitrogens is 5. The van der Waals surface area contributed by atoms with Gasteiger partial charge in [-0.15, -0.1) is 0 Å². The molecule has 0 atom stereocenters. The van der Waals surface area contributed by atoms with E-state index in [2.05, 4.69) is 235 Å². The second-order valence-electron chi connectivity index (χ2n) is 18.1. The quantitative estimate of drug-likeness (QED) is 0.160. The maximum absolute atomic E-state index is 5.38. The third kappa shape index (κ3) is 6.18. The van der Waals surface area contributed by atoms with Crippen molar-refractivity contribution in [3.63, 3.8) is 0 Å². The van der Waals surface area contributed by atoms with E-state index in [4.69, 9.17) is 19.9 Å². The molecule has 2 aromatic heterocycles. The number of imidazole rings is 1. The van der Waals surface area contributed by atoms with Crippen LogP contribution in [0.25, 0.3) is 107 Å². The number of hydrogen-bond acceptors (Lipinski definition) is 4. The largest absolute Gasteiger partial charge is 0.292 e. The van der Waals surface area contributed by atoms with E-state index in [0.717, 1.165) is 55.9 Å². The van der Waals surface area contributed by atoms with Crippen LogP contribution in [0.2, 0.25) is 0 Å². The summed E-state index contributed by atoms with van der Waals surface area (Å²) < 4.78 is 2.23. The minimum atomic E-state index is -0.499. The lowest BCUT2D eigenvalue weighted by Gasteiger charge is -2.30. The summed E-state index contributed by atoms with van der Waals surface area (Å²) in [7, 11) is 0. The number of nitrogens with zero attached hydrogens (tertiary/aromatic N) is 5. The van der Waals surface area contributed by atoms with Gasteiger partial charge in [0.15, 0.2) is 17.5 Å². The smallest absolute Gasteiger partial charge is 0.164 e. The van der Waals surface area contributed by atoms with Gasteiger partial charge in [-0.05, 0) is 103 Å². The maximum atomic E-state index is 5.38. The van der Waals surface area contributed by atoms with Gasteiger partial charge in [0.1, 0.15) is 5.82 Å². The molecule has 0 radical (unpaired) electrons. The van der Waals surface area contributed by atoms with Gasteiger partial charge in [0.2, 0.25) is 0 Å². The molecule has 0 saturated heterocycles. The van der Waals surface area contributed by atoms with E-state index in [9.17, 15) is 0 Å². The summed E-state index contributed by atoms with van der Waals surface area (Å²) in [5.41, 5.74) is 21.0.